The molecule has 0 bridgehead atoms. The predicted molar refractivity (Wildman–Crippen MR) is 82.0 cm³/mol. The van der Waals surface area contributed by atoms with Gasteiger partial charge in [0, 0.05) is 23.4 Å². The zero-order valence-corrected chi connectivity index (χ0v) is 12.4. The summed E-state index contributed by atoms with van der Waals surface area (Å²) >= 11 is 0. The van der Waals surface area contributed by atoms with Crippen LogP contribution in [0.5, 0.6) is 5.75 Å². The summed E-state index contributed by atoms with van der Waals surface area (Å²) in [4.78, 5) is 16.9. The van der Waals surface area contributed by atoms with Gasteiger partial charge >= 0.3 is 0 Å². The average Bonchev–Trinajstić information content (AvgIpc) is 2.46. The summed E-state index contributed by atoms with van der Waals surface area (Å²) in [6.45, 7) is 4.53. The Morgan fingerprint density at radius 1 is 1.24 bits per heavy atom. The minimum atomic E-state index is 0.185. The molecule has 1 aliphatic rings. The summed E-state index contributed by atoms with van der Waals surface area (Å²) in [6.07, 6.45) is 1.43. The van der Waals surface area contributed by atoms with Crippen LogP contribution in [0.2, 0.25) is 0 Å². The molecule has 0 aliphatic carbocycles. The fraction of sp³-hybridized carbons (Fsp3) is 0.333. The van der Waals surface area contributed by atoms with Gasteiger partial charge in [0.25, 0.3) is 0 Å². The molecule has 1 aromatic heterocycles. The van der Waals surface area contributed by atoms with Crippen molar-refractivity contribution in [3.05, 3.63) is 58.9 Å². The summed E-state index contributed by atoms with van der Waals surface area (Å²) in [5.41, 5.74) is 3.71. The van der Waals surface area contributed by atoms with Gasteiger partial charge in [0.1, 0.15) is 5.75 Å². The number of para-hydroxylation sites is 1. The molecule has 0 N–H and O–H groups in total. The summed E-state index contributed by atoms with van der Waals surface area (Å²) in [7, 11) is 0. The van der Waals surface area contributed by atoms with Crippen LogP contribution in [0.3, 0.4) is 0 Å². The molecule has 0 fully saturated rings. The zero-order valence-electron chi connectivity index (χ0n) is 12.4. The molecule has 0 saturated carbocycles. The van der Waals surface area contributed by atoms with Gasteiger partial charge in [-0.1, -0.05) is 18.2 Å². The Kier molecular flexibility index (Phi) is 3.74. The second kappa shape index (κ2) is 5.68. The van der Waals surface area contributed by atoms with Crippen LogP contribution in [0.15, 0.2) is 36.4 Å². The molecule has 3 heteroatoms. The molecule has 1 aromatic carbocycles. The van der Waals surface area contributed by atoms with Gasteiger partial charge in [-0.2, -0.15) is 0 Å². The molecule has 0 saturated heterocycles. The number of aromatic nitrogens is 1. The summed E-state index contributed by atoms with van der Waals surface area (Å²) in [6, 6.07) is 11.8. The molecule has 0 amide bonds. The van der Waals surface area contributed by atoms with E-state index in [2.05, 4.69) is 11.1 Å². The Bertz CT molecular complexity index is 658. The maximum atomic E-state index is 12.6. The van der Waals surface area contributed by atoms with Crippen LogP contribution in [-0.4, -0.2) is 17.4 Å². The van der Waals surface area contributed by atoms with Crippen LogP contribution in [0.1, 0.15) is 46.1 Å². The standard InChI is InChI=1S/C18H19NO2/c1-12-9-15(10-13(2)19-12)17(20)11-14-7-8-21-18-6-4-3-5-16(14)18/h3-6,9-10,14H,7-8,11H2,1-2H3. The minimum Gasteiger partial charge on any atom is -0.493 e. The van der Waals surface area contributed by atoms with Gasteiger partial charge in [-0.3, -0.25) is 9.78 Å². The normalized spacial score (nSPS) is 17.0. The smallest absolute Gasteiger partial charge is 0.163 e. The summed E-state index contributed by atoms with van der Waals surface area (Å²) in [5.74, 6) is 1.35. The van der Waals surface area contributed by atoms with Crippen LogP contribution in [0.4, 0.5) is 0 Å². The van der Waals surface area contributed by atoms with E-state index in [4.69, 9.17) is 4.74 Å². The van der Waals surface area contributed by atoms with Crippen molar-refractivity contribution in [2.75, 3.05) is 6.61 Å². The fourth-order valence-corrected chi connectivity index (χ4v) is 2.97. The number of benzene rings is 1. The second-order valence-corrected chi connectivity index (χ2v) is 5.64. The Hall–Kier alpha value is -2.16. The highest BCUT2D eigenvalue weighted by atomic mass is 16.5. The molecule has 1 atom stereocenters. The molecule has 108 valence electrons. The van der Waals surface area contributed by atoms with Crippen molar-refractivity contribution in [3.63, 3.8) is 0 Å². The molecule has 0 radical (unpaired) electrons. The number of nitrogens with zero attached hydrogens (tertiary/aromatic N) is 1. The lowest BCUT2D eigenvalue weighted by molar-refractivity contribution is 0.0965. The van der Waals surface area contributed by atoms with Crippen molar-refractivity contribution in [2.45, 2.75) is 32.6 Å². The van der Waals surface area contributed by atoms with Crippen molar-refractivity contribution < 1.29 is 9.53 Å². The summed E-state index contributed by atoms with van der Waals surface area (Å²) < 4.78 is 5.66. The lowest BCUT2D eigenvalue weighted by Gasteiger charge is -2.25. The number of carbonyl (C=O) groups excluding carboxylic acids is 1. The van der Waals surface area contributed by atoms with E-state index in [1.54, 1.807) is 0 Å². The van der Waals surface area contributed by atoms with Gasteiger partial charge in [0.2, 0.25) is 0 Å². The van der Waals surface area contributed by atoms with E-state index in [0.717, 1.165) is 34.7 Å². The first kappa shape index (κ1) is 13.8. The Labute approximate surface area is 125 Å². The van der Waals surface area contributed by atoms with Crippen LogP contribution in [0, 0.1) is 13.8 Å². The molecule has 2 heterocycles. The summed E-state index contributed by atoms with van der Waals surface area (Å²) in [5, 5.41) is 0. The lowest BCUT2D eigenvalue weighted by atomic mass is 9.87. The number of fused-ring (bicyclic) bond motifs is 1. The minimum absolute atomic E-state index is 0.185. The molecular weight excluding hydrogens is 262 g/mol. The van der Waals surface area contributed by atoms with Gasteiger partial charge < -0.3 is 4.74 Å². The number of rotatable bonds is 3. The predicted octanol–water partition coefficient (Wildman–Crippen LogP) is 3.84. The van der Waals surface area contributed by atoms with Gasteiger partial charge in [0.15, 0.2) is 5.78 Å². The number of ketones is 1. The molecule has 3 rings (SSSR count). The highest BCUT2D eigenvalue weighted by Gasteiger charge is 2.24. The largest absolute Gasteiger partial charge is 0.493 e. The molecule has 1 aliphatic heterocycles. The SMILES string of the molecule is Cc1cc(C(=O)CC2CCOc3ccccc32)cc(C)n1. The van der Waals surface area contributed by atoms with E-state index in [-0.39, 0.29) is 11.7 Å². The van der Waals surface area contributed by atoms with Crippen molar-refractivity contribution in [2.24, 2.45) is 0 Å². The molecule has 21 heavy (non-hydrogen) atoms. The highest BCUT2D eigenvalue weighted by molar-refractivity contribution is 5.96. The van der Waals surface area contributed by atoms with E-state index in [1.807, 2.05) is 44.2 Å². The van der Waals surface area contributed by atoms with E-state index < -0.39 is 0 Å². The van der Waals surface area contributed by atoms with Crippen LogP contribution in [0.25, 0.3) is 0 Å². The third-order valence-corrected chi connectivity index (χ3v) is 3.92. The number of carbonyl (C=O) groups is 1. The van der Waals surface area contributed by atoms with Gasteiger partial charge in [-0.25, -0.2) is 0 Å². The molecule has 3 nitrogen and oxygen atoms in total. The fourth-order valence-electron chi connectivity index (χ4n) is 2.97. The number of pyridine rings is 1. The van der Waals surface area contributed by atoms with Crippen molar-refractivity contribution in [3.8, 4) is 5.75 Å². The average molecular weight is 281 g/mol. The van der Waals surface area contributed by atoms with Crippen molar-refractivity contribution >= 4 is 5.78 Å². The van der Waals surface area contributed by atoms with Gasteiger partial charge in [-0.05, 0) is 49.9 Å². The van der Waals surface area contributed by atoms with E-state index in [1.165, 1.54) is 0 Å². The van der Waals surface area contributed by atoms with Crippen LogP contribution < -0.4 is 4.74 Å². The number of Topliss-reactive ketones (excluding diaryl/α,β-unsaturated/α-hetero) is 1. The van der Waals surface area contributed by atoms with E-state index >= 15 is 0 Å². The first-order chi connectivity index (χ1) is 10.1. The number of hydrogen-bond donors (Lipinski definition) is 0. The number of aryl methyl sites for hydroxylation is 2. The maximum absolute atomic E-state index is 12.6. The number of ether oxygens (including phenoxy) is 1. The van der Waals surface area contributed by atoms with Crippen molar-refractivity contribution in [1.29, 1.82) is 0 Å². The highest BCUT2D eigenvalue weighted by Crippen LogP contribution is 2.36. The van der Waals surface area contributed by atoms with Crippen LogP contribution in [-0.2, 0) is 0 Å². The molecule has 1 unspecified atom stereocenters. The Morgan fingerprint density at radius 3 is 2.71 bits per heavy atom. The number of hydrogen-bond acceptors (Lipinski definition) is 3. The van der Waals surface area contributed by atoms with E-state index in [0.29, 0.717) is 13.0 Å². The third kappa shape index (κ3) is 2.97. The lowest BCUT2D eigenvalue weighted by Crippen LogP contribution is -2.17. The molecule has 0 spiro atoms. The monoisotopic (exact) mass is 281 g/mol. The first-order valence-electron chi connectivity index (χ1n) is 7.33. The van der Waals surface area contributed by atoms with Gasteiger partial charge in [-0.15, -0.1) is 0 Å². The molecular formula is C18H19NO2. The second-order valence-electron chi connectivity index (χ2n) is 5.64. The quantitative estimate of drug-likeness (QED) is 0.802. The Morgan fingerprint density at radius 2 is 1.95 bits per heavy atom. The molecule has 2 aromatic rings. The maximum Gasteiger partial charge on any atom is 0.163 e. The topological polar surface area (TPSA) is 39.2 Å². The van der Waals surface area contributed by atoms with Gasteiger partial charge in [0.05, 0.1) is 6.61 Å². The third-order valence-electron chi connectivity index (χ3n) is 3.92. The Balaban J connectivity index is 1.82. The van der Waals surface area contributed by atoms with Crippen molar-refractivity contribution in [1.82, 2.24) is 4.98 Å². The zero-order chi connectivity index (χ0) is 14.8. The first-order valence-corrected chi connectivity index (χ1v) is 7.33. The van der Waals surface area contributed by atoms with Crippen LogP contribution >= 0.6 is 0 Å². The van der Waals surface area contributed by atoms with E-state index in [9.17, 15) is 4.79 Å².